The number of rotatable bonds is 4. The van der Waals surface area contributed by atoms with Gasteiger partial charge in [-0.15, -0.1) is 0 Å². The molecule has 19 heavy (non-hydrogen) atoms. The fourth-order valence-corrected chi connectivity index (χ4v) is 3.96. The first-order chi connectivity index (χ1) is 9.22. The number of fused-ring (bicyclic) bond motifs is 2. The topological polar surface area (TPSA) is 38.5 Å². The van der Waals surface area contributed by atoms with Crippen molar-refractivity contribution in [3.05, 3.63) is 28.8 Å². The van der Waals surface area contributed by atoms with Gasteiger partial charge in [-0.2, -0.15) is 0 Å². The Morgan fingerprint density at radius 3 is 2.84 bits per heavy atom. The predicted octanol–water partition coefficient (Wildman–Crippen LogP) is 2.83. The van der Waals surface area contributed by atoms with Gasteiger partial charge in [-0.05, 0) is 42.9 Å². The van der Waals surface area contributed by atoms with Gasteiger partial charge in [-0.1, -0.05) is 17.7 Å². The van der Waals surface area contributed by atoms with Crippen molar-refractivity contribution in [3.63, 3.8) is 0 Å². The fraction of sp³-hybridized carbons (Fsp3) is 0.600. The highest BCUT2D eigenvalue weighted by atomic mass is 35.5. The number of hydrogen-bond donors (Lipinski definition) is 1. The number of hydrogen-bond acceptors (Lipinski definition) is 3. The summed E-state index contributed by atoms with van der Waals surface area (Å²) in [6.45, 7) is 1.84. The minimum atomic E-state index is 0.290. The lowest BCUT2D eigenvalue weighted by Gasteiger charge is -2.34. The molecule has 0 radical (unpaired) electrons. The Hall–Kier alpha value is -0.770. The van der Waals surface area contributed by atoms with Crippen LogP contribution in [0.1, 0.15) is 30.9 Å². The highest BCUT2D eigenvalue weighted by molar-refractivity contribution is 6.32. The summed E-state index contributed by atoms with van der Waals surface area (Å²) in [5.74, 6) is 1.61. The first kappa shape index (κ1) is 13.2. The van der Waals surface area contributed by atoms with Crippen molar-refractivity contribution >= 4 is 11.6 Å². The van der Waals surface area contributed by atoms with Crippen molar-refractivity contribution in [2.45, 2.75) is 31.3 Å². The summed E-state index contributed by atoms with van der Waals surface area (Å²) in [5.41, 5.74) is 7.23. The molecule has 3 rings (SSSR count). The minimum Gasteiger partial charge on any atom is -0.495 e. The van der Waals surface area contributed by atoms with Crippen LogP contribution in [0.5, 0.6) is 5.75 Å². The maximum absolute atomic E-state index is 6.23. The third-order valence-corrected chi connectivity index (χ3v) is 4.93. The summed E-state index contributed by atoms with van der Waals surface area (Å²) in [5, 5.41) is 0.669. The summed E-state index contributed by atoms with van der Waals surface area (Å²) >= 11 is 6.23. The third-order valence-electron chi connectivity index (χ3n) is 4.64. The van der Waals surface area contributed by atoms with E-state index in [1.54, 1.807) is 7.11 Å². The Balaban J connectivity index is 1.84. The van der Waals surface area contributed by atoms with Crippen molar-refractivity contribution in [2.75, 3.05) is 20.2 Å². The van der Waals surface area contributed by atoms with Crippen molar-refractivity contribution in [2.24, 2.45) is 11.7 Å². The Kier molecular flexibility index (Phi) is 3.70. The van der Waals surface area contributed by atoms with Gasteiger partial charge in [0.2, 0.25) is 0 Å². The Morgan fingerprint density at radius 1 is 1.47 bits per heavy atom. The molecule has 2 aliphatic rings. The number of likely N-dealkylation sites (tertiary alicyclic amines) is 1. The SMILES string of the molecule is COc1ccc(C(CN)N2CC3CCC2C3)cc1Cl. The van der Waals surface area contributed by atoms with E-state index in [1.807, 2.05) is 12.1 Å². The Morgan fingerprint density at radius 2 is 2.32 bits per heavy atom. The molecule has 104 valence electrons. The summed E-state index contributed by atoms with van der Waals surface area (Å²) in [6, 6.07) is 7.05. The molecule has 0 spiro atoms. The molecule has 2 bridgehead atoms. The van der Waals surface area contributed by atoms with E-state index >= 15 is 0 Å². The van der Waals surface area contributed by atoms with Gasteiger partial charge < -0.3 is 10.5 Å². The number of halogens is 1. The smallest absolute Gasteiger partial charge is 0.137 e. The van der Waals surface area contributed by atoms with E-state index in [2.05, 4.69) is 11.0 Å². The molecule has 4 heteroatoms. The van der Waals surface area contributed by atoms with Crippen LogP contribution in [-0.2, 0) is 0 Å². The van der Waals surface area contributed by atoms with E-state index in [0.717, 1.165) is 17.7 Å². The van der Waals surface area contributed by atoms with Crippen LogP contribution < -0.4 is 10.5 Å². The van der Waals surface area contributed by atoms with Crippen molar-refractivity contribution in [3.8, 4) is 5.75 Å². The minimum absolute atomic E-state index is 0.290. The molecule has 1 saturated carbocycles. The number of nitrogens with zero attached hydrogens (tertiary/aromatic N) is 1. The molecule has 1 aliphatic carbocycles. The van der Waals surface area contributed by atoms with Gasteiger partial charge in [-0.25, -0.2) is 0 Å². The van der Waals surface area contributed by atoms with E-state index in [1.165, 1.54) is 31.4 Å². The van der Waals surface area contributed by atoms with Crippen molar-refractivity contribution in [1.82, 2.24) is 4.90 Å². The van der Waals surface area contributed by atoms with Gasteiger partial charge in [0.15, 0.2) is 0 Å². The molecule has 1 heterocycles. The molecule has 1 aromatic carbocycles. The summed E-state index contributed by atoms with van der Waals surface area (Å²) in [6.07, 6.45) is 4.06. The summed E-state index contributed by atoms with van der Waals surface area (Å²) in [4.78, 5) is 2.58. The average Bonchev–Trinajstić information content (AvgIpc) is 3.02. The van der Waals surface area contributed by atoms with Gasteiger partial charge >= 0.3 is 0 Å². The zero-order valence-corrected chi connectivity index (χ0v) is 12.1. The highest BCUT2D eigenvalue weighted by Gasteiger charge is 2.40. The van der Waals surface area contributed by atoms with E-state index in [9.17, 15) is 0 Å². The number of piperidine rings is 1. The van der Waals surface area contributed by atoms with Crippen LogP contribution in [0, 0.1) is 5.92 Å². The Labute approximate surface area is 119 Å². The van der Waals surface area contributed by atoms with Gasteiger partial charge in [0, 0.05) is 25.2 Å². The molecule has 1 saturated heterocycles. The predicted molar refractivity (Wildman–Crippen MR) is 77.6 cm³/mol. The summed E-state index contributed by atoms with van der Waals surface area (Å²) in [7, 11) is 1.64. The number of methoxy groups -OCH3 is 1. The van der Waals surface area contributed by atoms with E-state index < -0.39 is 0 Å². The van der Waals surface area contributed by atoms with Crippen LogP contribution in [0.4, 0.5) is 0 Å². The lowest BCUT2D eigenvalue weighted by molar-refractivity contribution is 0.153. The van der Waals surface area contributed by atoms with E-state index in [0.29, 0.717) is 17.6 Å². The normalized spacial score (nSPS) is 27.7. The van der Waals surface area contributed by atoms with Gasteiger partial charge in [-0.3, -0.25) is 4.90 Å². The molecule has 0 amide bonds. The lowest BCUT2D eigenvalue weighted by Crippen LogP contribution is -2.39. The van der Waals surface area contributed by atoms with Crippen LogP contribution in [0.15, 0.2) is 18.2 Å². The second-order valence-corrected chi connectivity index (χ2v) is 6.08. The van der Waals surface area contributed by atoms with Gasteiger partial charge in [0.05, 0.1) is 12.1 Å². The molecule has 2 fully saturated rings. The first-order valence-electron chi connectivity index (χ1n) is 7.02. The zero-order chi connectivity index (χ0) is 13.4. The molecule has 3 nitrogen and oxygen atoms in total. The van der Waals surface area contributed by atoms with Crippen molar-refractivity contribution in [1.29, 1.82) is 0 Å². The second kappa shape index (κ2) is 5.31. The first-order valence-corrected chi connectivity index (χ1v) is 7.40. The molecular weight excluding hydrogens is 260 g/mol. The van der Waals surface area contributed by atoms with E-state index in [-0.39, 0.29) is 0 Å². The largest absolute Gasteiger partial charge is 0.495 e. The molecule has 3 unspecified atom stereocenters. The average molecular weight is 281 g/mol. The van der Waals surface area contributed by atoms with Crippen LogP contribution in [0.2, 0.25) is 5.02 Å². The van der Waals surface area contributed by atoms with Crippen LogP contribution >= 0.6 is 11.6 Å². The molecule has 1 aliphatic heterocycles. The fourth-order valence-electron chi connectivity index (χ4n) is 3.70. The number of benzene rings is 1. The number of ether oxygens (including phenoxy) is 1. The van der Waals surface area contributed by atoms with Crippen LogP contribution in [-0.4, -0.2) is 31.1 Å². The molecule has 3 atom stereocenters. The molecule has 0 aromatic heterocycles. The lowest BCUT2D eigenvalue weighted by atomic mass is 10.0. The van der Waals surface area contributed by atoms with Crippen molar-refractivity contribution < 1.29 is 4.74 Å². The quantitative estimate of drug-likeness (QED) is 0.922. The maximum atomic E-state index is 6.23. The van der Waals surface area contributed by atoms with Gasteiger partial charge in [0.1, 0.15) is 5.75 Å². The molecule has 1 aromatic rings. The molecule has 2 N–H and O–H groups in total. The van der Waals surface area contributed by atoms with E-state index in [4.69, 9.17) is 22.1 Å². The summed E-state index contributed by atoms with van der Waals surface area (Å²) < 4.78 is 5.21. The van der Waals surface area contributed by atoms with Gasteiger partial charge in [0.25, 0.3) is 0 Å². The second-order valence-electron chi connectivity index (χ2n) is 5.68. The monoisotopic (exact) mass is 280 g/mol. The van der Waals surface area contributed by atoms with Crippen LogP contribution in [0.25, 0.3) is 0 Å². The number of nitrogens with two attached hydrogens (primary N) is 1. The zero-order valence-electron chi connectivity index (χ0n) is 11.3. The Bertz CT molecular complexity index is 465. The highest BCUT2D eigenvalue weighted by Crippen LogP contribution is 2.42. The maximum Gasteiger partial charge on any atom is 0.137 e. The standard InChI is InChI=1S/C15H21ClN2O/c1-19-15-5-3-11(7-13(15)16)14(8-17)18-9-10-2-4-12(18)6-10/h3,5,7,10,12,14H,2,4,6,8-9,17H2,1H3. The van der Waals surface area contributed by atoms with Crippen LogP contribution in [0.3, 0.4) is 0 Å². The third kappa shape index (κ3) is 2.35. The molecular formula is C15H21ClN2O.